The first-order chi connectivity index (χ1) is 14.6. The Morgan fingerprint density at radius 3 is 2.53 bits per heavy atom. The SMILES string of the molecule is CCN(CC)CCN(C(=O)c1cc2ccccc2oc1=O)c1nc2ccccc2s1. The van der Waals surface area contributed by atoms with Gasteiger partial charge in [0.15, 0.2) is 5.13 Å². The lowest BCUT2D eigenvalue weighted by Crippen LogP contribution is -2.40. The number of carbonyl (C=O) groups is 1. The summed E-state index contributed by atoms with van der Waals surface area (Å²) in [5.74, 6) is -0.388. The van der Waals surface area contributed by atoms with Crippen LogP contribution < -0.4 is 10.5 Å². The molecular formula is C23H23N3O3S. The van der Waals surface area contributed by atoms with Gasteiger partial charge in [-0.3, -0.25) is 9.69 Å². The standard InChI is InChI=1S/C23H23N3O3S/c1-3-25(4-2)13-14-26(23-24-18-10-6-8-12-20(18)30-23)21(27)17-15-16-9-5-7-11-19(16)29-22(17)28/h5-12,15H,3-4,13-14H2,1-2H3. The first-order valence-electron chi connectivity index (χ1n) is 10.0. The minimum Gasteiger partial charge on any atom is -0.422 e. The molecule has 2 aromatic carbocycles. The van der Waals surface area contributed by atoms with E-state index >= 15 is 0 Å². The molecule has 0 aliphatic carbocycles. The molecule has 154 valence electrons. The molecule has 0 atom stereocenters. The van der Waals surface area contributed by atoms with Crippen molar-refractivity contribution in [1.82, 2.24) is 9.88 Å². The zero-order valence-electron chi connectivity index (χ0n) is 17.0. The number of anilines is 1. The maximum absolute atomic E-state index is 13.5. The predicted octanol–water partition coefficient (Wildman–Crippen LogP) is 4.39. The molecule has 1 amide bonds. The van der Waals surface area contributed by atoms with Gasteiger partial charge in [-0.15, -0.1) is 0 Å². The zero-order valence-corrected chi connectivity index (χ0v) is 17.8. The minimum atomic E-state index is -0.632. The van der Waals surface area contributed by atoms with Crippen LogP contribution in [-0.2, 0) is 0 Å². The Labute approximate surface area is 178 Å². The number of aromatic nitrogens is 1. The normalized spacial score (nSPS) is 11.4. The molecule has 4 rings (SSSR count). The van der Waals surface area contributed by atoms with Gasteiger partial charge in [-0.05, 0) is 37.4 Å². The molecule has 0 saturated carbocycles. The van der Waals surface area contributed by atoms with Gasteiger partial charge in [-0.2, -0.15) is 0 Å². The van der Waals surface area contributed by atoms with Crippen LogP contribution in [0, 0.1) is 0 Å². The van der Waals surface area contributed by atoms with Gasteiger partial charge >= 0.3 is 5.63 Å². The fraction of sp³-hybridized carbons (Fsp3) is 0.261. The van der Waals surface area contributed by atoms with Crippen LogP contribution in [0.15, 0.2) is 63.8 Å². The number of nitrogens with zero attached hydrogens (tertiary/aromatic N) is 3. The molecule has 0 bridgehead atoms. The third-order valence-electron chi connectivity index (χ3n) is 5.16. The van der Waals surface area contributed by atoms with E-state index in [1.807, 2.05) is 36.4 Å². The van der Waals surface area contributed by atoms with Gasteiger partial charge in [0.2, 0.25) is 0 Å². The van der Waals surface area contributed by atoms with Crippen molar-refractivity contribution in [3.05, 3.63) is 70.6 Å². The topological polar surface area (TPSA) is 66.7 Å². The first-order valence-corrected chi connectivity index (χ1v) is 10.8. The molecule has 7 heteroatoms. The van der Waals surface area contributed by atoms with Gasteiger partial charge in [0.05, 0.1) is 10.2 Å². The van der Waals surface area contributed by atoms with Gasteiger partial charge in [0, 0.05) is 18.5 Å². The van der Waals surface area contributed by atoms with Crippen molar-refractivity contribution in [1.29, 1.82) is 0 Å². The van der Waals surface area contributed by atoms with Crippen molar-refractivity contribution in [3.8, 4) is 0 Å². The molecule has 0 fully saturated rings. The van der Waals surface area contributed by atoms with Crippen molar-refractivity contribution in [3.63, 3.8) is 0 Å². The van der Waals surface area contributed by atoms with Crippen LogP contribution in [0.4, 0.5) is 5.13 Å². The minimum absolute atomic E-state index is 0.0208. The Bertz CT molecular complexity index is 1210. The largest absolute Gasteiger partial charge is 0.422 e. The van der Waals surface area contributed by atoms with E-state index in [-0.39, 0.29) is 11.5 Å². The van der Waals surface area contributed by atoms with Gasteiger partial charge in [-0.25, -0.2) is 9.78 Å². The summed E-state index contributed by atoms with van der Waals surface area (Å²) in [7, 11) is 0. The molecule has 30 heavy (non-hydrogen) atoms. The van der Waals surface area contributed by atoms with Crippen LogP contribution in [0.1, 0.15) is 24.2 Å². The van der Waals surface area contributed by atoms with Crippen LogP contribution in [0.5, 0.6) is 0 Å². The fourth-order valence-corrected chi connectivity index (χ4v) is 4.39. The predicted molar refractivity (Wildman–Crippen MR) is 122 cm³/mol. The number of hydrogen-bond acceptors (Lipinski definition) is 6. The lowest BCUT2D eigenvalue weighted by atomic mass is 10.1. The molecule has 0 unspecified atom stereocenters. The van der Waals surface area contributed by atoms with E-state index in [0.717, 1.165) is 23.3 Å². The van der Waals surface area contributed by atoms with Crippen molar-refractivity contribution in [2.45, 2.75) is 13.8 Å². The average Bonchev–Trinajstić information content (AvgIpc) is 3.19. The summed E-state index contributed by atoms with van der Waals surface area (Å²) in [5.41, 5.74) is 0.692. The van der Waals surface area contributed by atoms with Crippen LogP contribution in [0.3, 0.4) is 0 Å². The van der Waals surface area contributed by atoms with Crippen LogP contribution >= 0.6 is 11.3 Å². The highest BCUT2D eigenvalue weighted by Gasteiger charge is 2.25. The monoisotopic (exact) mass is 421 g/mol. The van der Waals surface area contributed by atoms with Crippen molar-refractivity contribution >= 4 is 43.6 Å². The van der Waals surface area contributed by atoms with Crippen LogP contribution in [0.2, 0.25) is 0 Å². The molecule has 4 aromatic rings. The molecule has 0 saturated heterocycles. The lowest BCUT2D eigenvalue weighted by Gasteiger charge is -2.24. The number of rotatable bonds is 7. The average molecular weight is 422 g/mol. The van der Waals surface area contributed by atoms with Gasteiger partial charge in [0.25, 0.3) is 5.91 Å². The molecule has 0 spiro atoms. The number of likely N-dealkylation sites (N-methyl/N-ethyl adjacent to an activating group) is 1. The molecule has 6 nitrogen and oxygen atoms in total. The Hall–Kier alpha value is -3.03. The maximum atomic E-state index is 13.5. The Morgan fingerprint density at radius 2 is 1.77 bits per heavy atom. The van der Waals surface area contributed by atoms with Gasteiger partial charge in [0.1, 0.15) is 11.1 Å². The van der Waals surface area contributed by atoms with Crippen molar-refractivity contribution in [2.75, 3.05) is 31.1 Å². The fourth-order valence-electron chi connectivity index (χ4n) is 3.40. The number of fused-ring (bicyclic) bond motifs is 2. The smallest absolute Gasteiger partial charge is 0.349 e. The van der Waals surface area contributed by atoms with E-state index in [1.165, 1.54) is 11.3 Å². The third-order valence-corrected chi connectivity index (χ3v) is 6.22. The van der Waals surface area contributed by atoms with E-state index in [1.54, 1.807) is 23.1 Å². The second-order valence-corrected chi connectivity index (χ2v) is 7.94. The number of para-hydroxylation sites is 2. The summed E-state index contributed by atoms with van der Waals surface area (Å²) in [6.07, 6.45) is 0. The number of thiazole rings is 1. The second kappa shape index (κ2) is 8.77. The van der Waals surface area contributed by atoms with E-state index in [4.69, 9.17) is 4.42 Å². The molecule has 0 N–H and O–H groups in total. The van der Waals surface area contributed by atoms with Gasteiger partial charge < -0.3 is 9.32 Å². The molecular weight excluding hydrogens is 398 g/mol. The van der Waals surface area contributed by atoms with E-state index in [9.17, 15) is 9.59 Å². The highest BCUT2D eigenvalue weighted by molar-refractivity contribution is 7.22. The quantitative estimate of drug-likeness (QED) is 0.414. The van der Waals surface area contributed by atoms with Gasteiger partial charge in [-0.1, -0.05) is 55.5 Å². The maximum Gasteiger partial charge on any atom is 0.349 e. The Balaban J connectivity index is 1.75. The summed E-state index contributed by atoms with van der Waals surface area (Å²) in [4.78, 5) is 34.6. The molecule has 0 radical (unpaired) electrons. The molecule has 2 aromatic heterocycles. The second-order valence-electron chi connectivity index (χ2n) is 6.93. The molecule has 0 aliphatic heterocycles. The molecule has 2 heterocycles. The van der Waals surface area contributed by atoms with E-state index in [2.05, 4.69) is 23.7 Å². The Morgan fingerprint density at radius 1 is 1.03 bits per heavy atom. The third kappa shape index (κ3) is 3.99. The summed E-state index contributed by atoms with van der Waals surface area (Å²) in [5, 5.41) is 1.30. The summed E-state index contributed by atoms with van der Waals surface area (Å²) < 4.78 is 6.40. The Kier molecular flexibility index (Phi) is 5.92. The number of benzene rings is 2. The lowest BCUT2D eigenvalue weighted by molar-refractivity contribution is 0.0980. The summed E-state index contributed by atoms with van der Waals surface area (Å²) in [6.45, 7) is 7.07. The van der Waals surface area contributed by atoms with E-state index in [0.29, 0.717) is 29.2 Å². The van der Waals surface area contributed by atoms with Crippen LogP contribution in [0.25, 0.3) is 21.2 Å². The summed E-state index contributed by atoms with van der Waals surface area (Å²) >= 11 is 1.45. The molecule has 0 aliphatic rings. The number of amides is 1. The van der Waals surface area contributed by atoms with Crippen molar-refractivity contribution in [2.24, 2.45) is 0 Å². The number of hydrogen-bond donors (Lipinski definition) is 0. The highest BCUT2D eigenvalue weighted by atomic mass is 32.1. The van der Waals surface area contributed by atoms with Crippen LogP contribution in [-0.4, -0.2) is 42.0 Å². The first kappa shape index (κ1) is 20.3. The summed E-state index contributed by atoms with van der Waals surface area (Å²) in [6, 6.07) is 16.6. The highest BCUT2D eigenvalue weighted by Crippen LogP contribution is 2.29. The zero-order chi connectivity index (χ0) is 21.1. The van der Waals surface area contributed by atoms with Crippen molar-refractivity contribution < 1.29 is 9.21 Å². The van der Waals surface area contributed by atoms with E-state index < -0.39 is 5.63 Å². The number of carbonyl (C=O) groups excluding carboxylic acids is 1.